The number of piperazine rings is 1. The van der Waals surface area contributed by atoms with Crippen molar-refractivity contribution in [3.8, 4) is 0 Å². The molecular formula is C14H25F3N4O. The van der Waals surface area contributed by atoms with Crippen molar-refractivity contribution in [3.05, 3.63) is 0 Å². The molecule has 0 saturated carbocycles. The summed E-state index contributed by atoms with van der Waals surface area (Å²) in [6.07, 6.45) is -1.78. The molecule has 2 heterocycles. The predicted molar refractivity (Wildman–Crippen MR) is 77.6 cm³/mol. The normalized spacial score (nSPS) is 29.1. The van der Waals surface area contributed by atoms with E-state index >= 15 is 0 Å². The average molecular weight is 322 g/mol. The molecule has 22 heavy (non-hydrogen) atoms. The van der Waals surface area contributed by atoms with E-state index in [4.69, 9.17) is 0 Å². The minimum absolute atomic E-state index is 0.336. The summed E-state index contributed by atoms with van der Waals surface area (Å²) < 4.78 is 39.8. The van der Waals surface area contributed by atoms with Gasteiger partial charge in [0.1, 0.15) is 6.04 Å². The highest BCUT2D eigenvalue weighted by molar-refractivity contribution is 5.86. The second-order valence-electron chi connectivity index (χ2n) is 6.27. The number of rotatable bonds is 4. The lowest BCUT2D eigenvalue weighted by atomic mass is 9.90. The summed E-state index contributed by atoms with van der Waals surface area (Å²) in [5.41, 5.74) is -0.752. The van der Waals surface area contributed by atoms with E-state index in [2.05, 4.69) is 16.0 Å². The minimum atomic E-state index is -4.34. The Morgan fingerprint density at radius 1 is 1.27 bits per heavy atom. The van der Waals surface area contributed by atoms with Crippen LogP contribution in [0, 0.1) is 0 Å². The topological polar surface area (TPSA) is 56.4 Å². The molecule has 0 aromatic carbocycles. The molecule has 1 amide bonds. The van der Waals surface area contributed by atoms with Crippen LogP contribution < -0.4 is 16.0 Å². The summed E-state index contributed by atoms with van der Waals surface area (Å²) in [5, 5.41) is 8.67. The van der Waals surface area contributed by atoms with Crippen LogP contribution in [0.5, 0.6) is 0 Å². The molecule has 2 fully saturated rings. The Bertz CT molecular complexity index is 377. The zero-order valence-corrected chi connectivity index (χ0v) is 12.9. The first-order chi connectivity index (χ1) is 10.3. The van der Waals surface area contributed by atoms with Gasteiger partial charge in [-0.3, -0.25) is 9.69 Å². The van der Waals surface area contributed by atoms with Crippen LogP contribution in [-0.4, -0.2) is 67.8 Å². The molecule has 2 saturated heterocycles. The standard InChI is InChI=1S/C14H25F3N4O/c1-13(4-2-3-5-20-13)12(22)19-10-11(14(15,16)17)21-8-6-18-7-9-21/h11,18,20H,2-10H2,1H3,(H,19,22). The van der Waals surface area contributed by atoms with Crippen LogP contribution in [-0.2, 0) is 4.79 Å². The maximum Gasteiger partial charge on any atom is 0.405 e. The van der Waals surface area contributed by atoms with Gasteiger partial charge in [0.15, 0.2) is 0 Å². The molecule has 2 aliphatic rings. The third kappa shape index (κ3) is 4.33. The van der Waals surface area contributed by atoms with Gasteiger partial charge in [-0.05, 0) is 32.7 Å². The Labute approximate surface area is 129 Å². The number of nitrogens with zero attached hydrogens (tertiary/aromatic N) is 1. The van der Waals surface area contributed by atoms with E-state index in [1.165, 1.54) is 4.90 Å². The van der Waals surface area contributed by atoms with Crippen LogP contribution >= 0.6 is 0 Å². The highest BCUT2D eigenvalue weighted by Crippen LogP contribution is 2.25. The Kier molecular flexibility index (Phi) is 5.68. The second-order valence-corrected chi connectivity index (χ2v) is 6.27. The van der Waals surface area contributed by atoms with E-state index in [0.29, 0.717) is 32.6 Å². The zero-order chi connectivity index (χ0) is 16.2. The molecule has 0 aromatic heterocycles. The fraction of sp³-hybridized carbons (Fsp3) is 0.929. The van der Waals surface area contributed by atoms with Crippen LogP contribution in [0.15, 0.2) is 0 Å². The zero-order valence-electron chi connectivity index (χ0n) is 12.9. The van der Waals surface area contributed by atoms with Crippen molar-refractivity contribution < 1.29 is 18.0 Å². The lowest BCUT2D eigenvalue weighted by Crippen LogP contribution is -2.61. The van der Waals surface area contributed by atoms with E-state index in [0.717, 1.165) is 19.4 Å². The number of amides is 1. The van der Waals surface area contributed by atoms with Crippen molar-refractivity contribution in [2.75, 3.05) is 39.3 Å². The first-order valence-electron chi connectivity index (χ1n) is 7.88. The van der Waals surface area contributed by atoms with Gasteiger partial charge >= 0.3 is 6.18 Å². The number of hydrogen-bond acceptors (Lipinski definition) is 4. The Hall–Kier alpha value is -0.860. The third-order valence-corrected chi connectivity index (χ3v) is 4.55. The molecule has 5 nitrogen and oxygen atoms in total. The molecule has 2 unspecified atom stereocenters. The Morgan fingerprint density at radius 3 is 2.50 bits per heavy atom. The van der Waals surface area contributed by atoms with E-state index < -0.39 is 17.8 Å². The van der Waals surface area contributed by atoms with Crippen LogP contribution in [0.2, 0.25) is 0 Å². The lowest BCUT2D eigenvalue weighted by Gasteiger charge is -2.37. The second kappa shape index (κ2) is 7.14. The summed E-state index contributed by atoms with van der Waals surface area (Å²) in [5.74, 6) is -0.336. The molecule has 0 aromatic rings. The average Bonchev–Trinajstić information content (AvgIpc) is 2.47. The monoisotopic (exact) mass is 322 g/mol. The van der Waals surface area contributed by atoms with Gasteiger partial charge in [-0.1, -0.05) is 0 Å². The molecule has 3 N–H and O–H groups in total. The highest BCUT2D eigenvalue weighted by Gasteiger charge is 2.44. The SMILES string of the molecule is CC1(C(=O)NCC(N2CCNCC2)C(F)(F)F)CCCCN1. The molecule has 0 bridgehead atoms. The molecule has 0 aliphatic carbocycles. The third-order valence-electron chi connectivity index (χ3n) is 4.55. The summed E-state index contributed by atoms with van der Waals surface area (Å²) in [4.78, 5) is 13.7. The van der Waals surface area contributed by atoms with Gasteiger partial charge < -0.3 is 16.0 Å². The Balaban J connectivity index is 1.94. The van der Waals surface area contributed by atoms with Crippen LogP contribution in [0.1, 0.15) is 26.2 Å². The van der Waals surface area contributed by atoms with Crippen LogP contribution in [0.4, 0.5) is 13.2 Å². The van der Waals surface area contributed by atoms with Gasteiger partial charge in [0.25, 0.3) is 0 Å². The lowest BCUT2D eigenvalue weighted by molar-refractivity contribution is -0.184. The molecule has 0 radical (unpaired) electrons. The number of alkyl halides is 3. The number of carbonyl (C=O) groups is 1. The molecule has 2 atom stereocenters. The number of carbonyl (C=O) groups excluding carboxylic acids is 1. The van der Waals surface area contributed by atoms with Gasteiger partial charge in [-0.25, -0.2) is 0 Å². The van der Waals surface area contributed by atoms with E-state index in [-0.39, 0.29) is 12.5 Å². The molecule has 0 spiro atoms. The van der Waals surface area contributed by atoms with Crippen molar-refractivity contribution in [3.63, 3.8) is 0 Å². The fourth-order valence-corrected chi connectivity index (χ4v) is 3.08. The molecule has 2 aliphatic heterocycles. The smallest absolute Gasteiger partial charge is 0.353 e. The summed E-state index contributed by atoms with van der Waals surface area (Å²) in [7, 11) is 0. The number of halogens is 3. The fourth-order valence-electron chi connectivity index (χ4n) is 3.08. The first kappa shape index (κ1) is 17.5. The van der Waals surface area contributed by atoms with Crippen molar-refractivity contribution in [1.29, 1.82) is 0 Å². The molecular weight excluding hydrogens is 297 g/mol. The number of nitrogens with one attached hydrogen (secondary N) is 3. The predicted octanol–water partition coefficient (Wildman–Crippen LogP) is 0.471. The Morgan fingerprint density at radius 2 is 1.95 bits per heavy atom. The van der Waals surface area contributed by atoms with Crippen LogP contribution in [0.25, 0.3) is 0 Å². The maximum absolute atomic E-state index is 13.3. The summed E-state index contributed by atoms with van der Waals surface area (Å²) >= 11 is 0. The quantitative estimate of drug-likeness (QED) is 0.704. The number of piperidine rings is 1. The summed E-state index contributed by atoms with van der Waals surface area (Å²) in [6.45, 7) is 3.86. The first-order valence-corrected chi connectivity index (χ1v) is 7.88. The van der Waals surface area contributed by atoms with Crippen molar-refractivity contribution >= 4 is 5.91 Å². The van der Waals surface area contributed by atoms with E-state index in [1.54, 1.807) is 6.92 Å². The van der Waals surface area contributed by atoms with Crippen LogP contribution in [0.3, 0.4) is 0 Å². The van der Waals surface area contributed by atoms with Gasteiger partial charge in [-0.2, -0.15) is 13.2 Å². The van der Waals surface area contributed by atoms with E-state index in [1.807, 2.05) is 0 Å². The van der Waals surface area contributed by atoms with Gasteiger partial charge in [0, 0.05) is 32.7 Å². The van der Waals surface area contributed by atoms with Crippen molar-refractivity contribution in [2.24, 2.45) is 0 Å². The minimum Gasteiger partial charge on any atom is -0.353 e. The molecule has 128 valence electrons. The van der Waals surface area contributed by atoms with E-state index in [9.17, 15) is 18.0 Å². The largest absolute Gasteiger partial charge is 0.405 e. The van der Waals surface area contributed by atoms with Crippen molar-refractivity contribution in [2.45, 2.75) is 43.9 Å². The molecule has 2 rings (SSSR count). The summed E-state index contributed by atoms with van der Waals surface area (Å²) in [6, 6.07) is -1.62. The highest BCUT2D eigenvalue weighted by atomic mass is 19.4. The maximum atomic E-state index is 13.3. The van der Waals surface area contributed by atoms with Crippen molar-refractivity contribution in [1.82, 2.24) is 20.9 Å². The van der Waals surface area contributed by atoms with Gasteiger partial charge in [0.2, 0.25) is 5.91 Å². The van der Waals surface area contributed by atoms with Gasteiger partial charge in [0.05, 0.1) is 5.54 Å². The van der Waals surface area contributed by atoms with Gasteiger partial charge in [-0.15, -0.1) is 0 Å². The molecule has 8 heteroatoms. The number of hydrogen-bond donors (Lipinski definition) is 3.